The molecule has 0 saturated carbocycles. The Labute approximate surface area is 108 Å². The molecular weight excluding hydrogens is 244 g/mol. The molecule has 94 valence electrons. The first kappa shape index (κ1) is 11.3. The first-order valence-electron chi connectivity index (χ1n) is 5.63. The van der Waals surface area contributed by atoms with Gasteiger partial charge in [-0.1, -0.05) is 6.07 Å². The Morgan fingerprint density at radius 3 is 2.79 bits per heavy atom. The number of nitrogens with zero attached hydrogens (tertiary/aromatic N) is 4. The maximum atomic E-state index is 11.3. The van der Waals surface area contributed by atoms with Gasteiger partial charge in [-0.25, -0.2) is 14.8 Å². The zero-order valence-corrected chi connectivity index (χ0v) is 10.1. The summed E-state index contributed by atoms with van der Waals surface area (Å²) in [5.41, 5.74) is 1.92. The Morgan fingerprint density at radius 2 is 2.11 bits per heavy atom. The Balaban J connectivity index is 2.40. The van der Waals surface area contributed by atoms with Gasteiger partial charge in [-0.3, -0.25) is 4.98 Å². The molecule has 0 aliphatic rings. The quantitative estimate of drug-likeness (QED) is 0.753. The van der Waals surface area contributed by atoms with Crippen LogP contribution in [-0.2, 0) is 7.05 Å². The summed E-state index contributed by atoms with van der Waals surface area (Å²) in [5, 5.41) is 9.79. The molecule has 3 aromatic heterocycles. The van der Waals surface area contributed by atoms with E-state index >= 15 is 0 Å². The molecule has 0 aliphatic heterocycles. The van der Waals surface area contributed by atoms with Crippen LogP contribution in [0.25, 0.3) is 22.4 Å². The maximum absolute atomic E-state index is 11.3. The van der Waals surface area contributed by atoms with Gasteiger partial charge in [-0.15, -0.1) is 0 Å². The highest BCUT2D eigenvalue weighted by Crippen LogP contribution is 2.27. The van der Waals surface area contributed by atoms with Crippen molar-refractivity contribution in [2.75, 3.05) is 0 Å². The number of carboxylic acids is 1. The van der Waals surface area contributed by atoms with Crippen molar-refractivity contribution in [2.24, 2.45) is 7.05 Å². The number of hydrogen-bond donors (Lipinski definition) is 1. The van der Waals surface area contributed by atoms with Gasteiger partial charge in [0.15, 0.2) is 0 Å². The minimum absolute atomic E-state index is 0.179. The van der Waals surface area contributed by atoms with E-state index in [0.717, 1.165) is 0 Å². The van der Waals surface area contributed by atoms with Crippen molar-refractivity contribution in [3.05, 3.63) is 42.5 Å². The van der Waals surface area contributed by atoms with Gasteiger partial charge < -0.3 is 9.67 Å². The van der Waals surface area contributed by atoms with E-state index in [1.54, 1.807) is 29.9 Å². The fraction of sp³-hybridized carbons (Fsp3) is 0.0769. The van der Waals surface area contributed by atoms with E-state index in [-0.39, 0.29) is 5.56 Å². The van der Waals surface area contributed by atoms with Crippen molar-refractivity contribution in [1.82, 2.24) is 19.5 Å². The molecule has 0 bridgehead atoms. The van der Waals surface area contributed by atoms with Crippen LogP contribution in [0.15, 0.2) is 36.9 Å². The molecule has 0 fully saturated rings. The van der Waals surface area contributed by atoms with Gasteiger partial charge in [0.1, 0.15) is 17.7 Å². The average Bonchev–Trinajstić information content (AvgIpc) is 2.78. The monoisotopic (exact) mass is 254 g/mol. The first-order valence-corrected chi connectivity index (χ1v) is 5.63. The Morgan fingerprint density at radius 1 is 1.26 bits per heavy atom. The standard InChI is InChI=1S/C13H10N4O2/c1-17-6-8(13(18)19)10-11(15-7-16-12(10)17)9-4-2-3-5-14-9/h2-7H,1H3,(H,18,19). The predicted molar refractivity (Wildman–Crippen MR) is 68.7 cm³/mol. The lowest BCUT2D eigenvalue weighted by molar-refractivity contribution is 0.0699. The molecule has 0 unspecified atom stereocenters. The van der Waals surface area contributed by atoms with Crippen LogP contribution in [0.2, 0.25) is 0 Å². The Bertz CT molecular complexity index is 765. The number of aryl methyl sites for hydroxylation is 1. The van der Waals surface area contributed by atoms with E-state index in [1.165, 1.54) is 12.5 Å². The third kappa shape index (κ3) is 1.74. The zero-order chi connectivity index (χ0) is 13.4. The lowest BCUT2D eigenvalue weighted by atomic mass is 10.1. The highest BCUT2D eigenvalue weighted by Gasteiger charge is 2.19. The van der Waals surface area contributed by atoms with Crippen LogP contribution < -0.4 is 0 Å². The van der Waals surface area contributed by atoms with Crippen molar-refractivity contribution in [3.8, 4) is 11.4 Å². The third-order valence-corrected chi connectivity index (χ3v) is 2.89. The van der Waals surface area contributed by atoms with Crippen LogP contribution in [0.4, 0.5) is 0 Å². The number of rotatable bonds is 2. The molecular formula is C13H10N4O2. The molecule has 1 N–H and O–H groups in total. The van der Waals surface area contributed by atoms with Crippen LogP contribution >= 0.6 is 0 Å². The molecule has 3 aromatic rings. The summed E-state index contributed by atoms with van der Waals surface area (Å²) in [4.78, 5) is 23.9. The number of fused-ring (bicyclic) bond motifs is 1. The molecule has 6 heteroatoms. The van der Waals surface area contributed by atoms with Crippen LogP contribution in [-0.4, -0.2) is 30.6 Å². The SMILES string of the molecule is Cn1cc(C(=O)O)c2c(-c3ccccn3)ncnc21. The topological polar surface area (TPSA) is 80.9 Å². The molecule has 6 nitrogen and oxygen atoms in total. The second kappa shape index (κ2) is 4.16. The van der Waals surface area contributed by atoms with E-state index in [0.29, 0.717) is 22.4 Å². The molecule has 0 aliphatic carbocycles. The number of carbonyl (C=O) groups is 1. The Kier molecular flexibility index (Phi) is 2.49. The third-order valence-electron chi connectivity index (χ3n) is 2.89. The molecule has 0 radical (unpaired) electrons. The minimum Gasteiger partial charge on any atom is -0.478 e. The van der Waals surface area contributed by atoms with Gasteiger partial charge in [0, 0.05) is 19.4 Å². The lowest BCUT2D eigenvalue weighted by Crippen LogP contribution is -1.97. The fourth-order valence-corrected chi connectivity index (χ4v) is 2.07. The molecule has 0 aromatic carbocycles. The number of aromatic nitrogens is 4. The molecule has 0 atom stereocenters. The van der Waals surface area contributed by atoms with E-state index in [2.05, 4.69) is 15.0 Å². The second-order valence-electron chi connectivity index (χ2n) is 4.09. The van der Waals surface area contributed by atoms with E-state index in [1.807, 2.05) is 6.07 Å². The van der Waals surface area contributed by atoms with Crippen molar-refractivity contribution in [1.29, 1.82) is 0 Å². The number of pyridine rings is 1. The smallest absolute Gasteiger partial charge is 0.338 e. The number of aromatic carboxylic acids is 1. The number of carboxylic acid groups (broad SMARTS) is 1. The molecule has 0 saturated heterocycles. The Hall–Kier alpha value is -2.76. The number of hydrogen-bond acceptors (Lipinski definition) is 4. The van der Waals surface area contributed by atoms with Crippen molar-refractivity contribution in [2.45, 2.75) is 0 Å². The highest BCUT2D eigenvalue weighted by molar-refractivity contribution is 6.07. The molecule has 0 amide bonds. The maximum Gasteiger partial charge on any atom is 0.338 e. The highest BCUT2D eigenvalue weighted by atomic mass is 16.4. The average molecular weight is 254 g/mol. The fourth-order valence-electron chi connectivity index (χ4n) is 2.07. The van der Waals surface area contributed by atoms with Gasteiger partial charge in [0.25, 0.3) is 0 Å². The molecule has 3 rings (SSSR count). The van der Waals surface area contributed by atoms with Crippen LogP contribution in [0.5, 0.6) is 0 Å². The van der Waals surface area contributed by atoms with Crippen molar-refractivity contribution < 1.29 is 9.90 Å². The van der Waals surface area contributed by atoms with Gasteiger partial charge in [0.2, 0.25) is 0 Å². The summed E-state index contributed by atoms with van der Waals surface area (Å²) < 4.78 is 1.67. The summed E-state index contributed by atoms with van der Waals surface area (Å²) >= 11 is 0. The second-order valence-corrected chi connectivity index (χ2v) is 4.09. The largest absolute Gasteiger partial charge is 0.478 e. The van der Waals surface area contributed by atoms with Gasteiger partial charge in [-0.2, -0.15) is 0 Å². The van der Waals surface area contributed by atoms with Crippen LogP contribution in [0.3, 0.4) is 0 Å². The van der Waals surface area contributed by atoms with Gasteiger partial charge in [-0.05, 0) is 12.1 Å². The van der Waals surface area contributed by atoms with Gasteiger partial charge >= 0.3 is 5.97 Å². The van der Waals surface area contributed by atoms with E-state index in [4.69, 9.17) is 0 Å². The van der Waals surface area contributed by atoms with Crippen molar-refractivity contribution in [3.63, 3.8) is 0 Å². The van der Waals surface area contributed by atoms with E-state index < -0.39 is 5.97 Å². The lowest BCUT2D eigenvalue weighted by Gasteiger charge is -2.02. The first-order chi connectivity index (χ1) is 9.18. The predicted octanol–water partition coefficient (Wildman–Crippen LogP) is 1.73. The van der Waals surface area contributed by atoms with Gasteiger partial charge in [0.05, 0.1) is 16.6 Å². The summed E-state index contributed by atoms with van der Waals surface area (Å²) in [6.07, 6.45) is 4.60. The van der Waals surface area contributed by atoms with Crippen molar-refractivity contribution >= 4 is 17.0 Å². The summed E-state index contributed by atoms with van der Waals surface area (Å²) in [6.45, 7) is 0. The summed E-state index contributed by atoms with van der Waals surface area (Å²) in [5.74, 6) is -1.00. The van der Waals surface area contributed by atoms with E-state index in [9.17, 15) is 9.90 Å². The zero-order valence-electron chi connectivity index (χ0n) is 10.1. The summed E-state index contributed by atoms with van der Waals surface area (Å²) in [6, 6.07) is 5.42. The molecule has 3 heterocycles. The summed E-state index contributed by atoms with van der Waals surface area (Å²) in [7, 11) is 1.75. The normalized spacial score (nSPS) is 10.8. The minimum atomic E-state index is -1.00. The molecule has 0 spiro atoms. The molecule has 19 heavy (non-hydrogen) atoms. The van der Waals surface area contributed by atoms with Crippen LogP contribution in [0, 0.1) is 0 Å². The van der Waals surface area contributed by atoms with Crippen LogP contribution in [0.1, 0.15) is 10.4 Å².